The minimum atomic E-state index is -0.411. The van der Waals surface area contributed by atoms with Gasteiger partial charge in [0, 0.05) is 11.8 Å². The van der Waals surface area contributed by atoms with Crippen LogP contribution in [0.15, 0.2) is 53.9 Å². The number of ether oxygens (including phenoxy) is 3. The molecule has 8 nitrogen and oxygen atoms in total. The van der Waals surface area contributed by atoms with Crippen LogP contribution in [0, 0.1) is 17.2 Å². The monoisotopic (exact) mass is 378 g/mol. The molecular formula is C20H18N4O4. The third-order valence-electron chi connectivity index (χ3n) is 5.46. The maximum atomic E-state index is 9.76. The number of nitrogens with zero attached hydrogens (tertiary/aromatic N) is 1. The van der Waals surface area contributed by atoms with Gasteiger partial charge in [-0.25, -0.2) is 10.9 Å². The molecule has 2 aromatic carbocycles. The highest BCUT2D eigenvalue weighted by atomic mass is 16.7. The van der Waals surface area contributed by atoms with Crippen LogP contribution in [-0.4, -0.2) is 18.1 Å². The Balaban J connectivity index is 1.59. The molecule has 0 radical (unpaired) electrons. The molecule has 3 aliphatic heterocycles. The number of hydrogen-bond acceptors (Lipinski definition) is 8. The zero-order valence-electron chi connectivity index (χ0n) is 14.8. The van der Waals surface area contributed by atoms with Crippen molar-refractivity contribution in [2.75, 3.05) is 6.79 Å². The van der Waals surface area contributed by atoms with Crippen molar-refractivity contribution in [3.8, 4) is 23.3 Å². The molecular weight excluding hydrogens is 360 g/mol. The summed E-state index contributed by atoms with van der Waals surface area (Å²) in [6.07, 6.45) is -0.411. The van der Waals surface area contributed by atoms with Crippen molar-refractivity contribution in [2.45, 2.75) is 18.2 Å². The van der Waals surface area contributed by atoms with Gasteiger partial charge < -0.3 is 25.1 Å². The van der Waals surface area contributed by atoms with Crippen molar-refractivity contribution < 1.29 is 19.3 Å². The van der Waals surface area contributed by atoms with E-state index in [-0.39, 0.29) is 36.3 Å². The molecule has 5 N–H and O–H groups in total. The van der Waals surface area contributed by atoms with Gasteiger partial charge in [-0.2, -0.15) is 5.26 Å². The summed E-state index contributed by atoms with van der Waals surface area (Å²) >= 11 is 0. The van der Waals surface area contributed by atoms with Gasteiger partial charge in [0.2, 0.25) is 12.7 Å². The Kier molecular flexibility index (Phi) is 3.79. The van der Waals surface area contributed by atoms with Gasteiger partial charge in [-0.05, 0) is 35.4 Å². The Hall–Kier alpha value is -3.41. The molecule has 0 amide bonds. The molecule has 3 aliphatic rings. The van der Waals surface area contributed by atoms with Gasteiger partial charge in [0.25, 0.3) is 0 Å². The summed E-state index contributed by atoms with van der Waals surface area (Å²) in [5.41, 5.74) is 14.7. The van der Waals surface area contributed by atoms with E-state index in [4.69, 9.17) is 19.9 Å². The molecule has 5 rings (SSSR count). The van der Waals surface area contributed by atoms with E-state index in [1.165, 1.54) is 0 Å². The van der Waals surface area contributed by atoms with Crippen LogP contribution >= 0.6 is 0 Å². The van der Waals surface area contributed by atoms with Crippen LogP contribution in [0.2, 0.25) is 0 Å². The van der Waals surface area contributed by atoms with Gasteiger partial charge in [0.05, 0.1) is 11.6 Å². The fourth-order valence-corrected chi connectivity index (χ4v) is 4.17. The zero-order valence-corrected chi connectivity index (χ0v) is 14.8. The molecule has 8 heteroatoms. The van der Waals surface area contributed by atoms with Crippen molar-refractivity contribution in [3.05, 3.63) is 65.0 Å². The SMILES string of the molecule is N#CC1=C(N)OC2NNC(c3ccc4c(c3)OCO4)C2C1c1ccc(O)cc1. The maximum absolute atomic E-state index is 9.76. The molecule has 2 aromatic rings. The predicted molar refractivity (Wildman–Crippen MR) is 97.6 cm³/mol. The molecule has 0 aliphatic carbocycles. The van der Waals surface area contributed by atoms with Gasteiger partial charge in [-0.3, -0.25) is 0 Å². The second-order valence-corrected chi connectivity index (χ2v) is 6.95. The topological polar surface area (TPSA) is 122 Å². The van der Waals surface area contributed by atoms with Crippen LogP contribution in [0.5, 0.6) is 17.2 Å². The average molecular weight is 378 g/mol. The fourth-order valence-electron chi connectivity index (χ4n) is 4.17. The molecule has 28 heavy (non-hydrogen) atoms. The van der Waals surface area contributed by atoms with Crippen LogP contribution < -0.4 is 26.1 Å². The third-order valence-corrected chi connectivity index (χ3v) is 5.46. The molecule has 1 fully saturated rings. The molecule has 3 heterocycles. The molecule has 0 saturated carbocycles. The summed E-state index contributed by atoms with van der Waals surface area (Å²) in [6, 6.07) is 14.7. The molecule has 4 unspecified atom stereocenters. The van der Waals surface area contributed by atoms with Gasteiger partial charge >= 0.3 is 0 Å². The maximum Gasteiger partial charge on any atom is 0.231 e. The number of allylic oxidation sites excluding steroid dienone is 1. The Labute approximate surface area is 161 Å². The summed E-state index contributed by atoms with van der Waals surface area (Å²) in [4.78, 5) is 0. The third kappa shape index (κ3) is 2.52. The Bertz CT molecular complexity index is 998. The minimum Gasteiger partial charge on any atom is -0.508 e. The summed E-state index contributed by atoms with van der Waals surface area (Å²) in [7, 11) is 0. The lowest BCUT2D eigenvalue weighted by Crippen LogP contribution is -2.40. The Morgan fingerprint density at radius 2 is 1.79 bits per heavy atom. The minimum absolute atomic E-state index is 0.113. The van der Waals surface area contributed by atoms with Gasteiger partial charge in [0.15, 0.2) is 17.7 Å². The number of hydrazine groups is 1. The molecule has 142 valence electrons. The van der Waals surface area contributed by atoms with E-state index >= 15 is 0 Å². The largest absolute Gasteiger partial charge is 0.508 e. The predicted octanol–water partition coefficient (Wildman–Crippen LogP) is 1.72. The average Bonchev–Trinajstić information content (AvgIpc) is 3.33. The number of rotatable bonds is 2. The highest BCUT2D eigenvalue weighted by Gasteiger charge is 2.49. The van der Waals surface area contributed by atoms with Crippen molar-refractivity contribution in [1.29, 1.82) is 5.26 Å². The lowest BCUT2D eigenvalue weighted by Gasteiger charge is -2.36. The van der Waals surface area contributed by atoms with Crippen molar-refractivity contribution >= 4 is 0 Å². The number of nitrogens with one attached hydrogen (secondary N) is 2. The quantitative estimate of drug-likeness (QED) is 0.623. The lowest BCUT2D eigenvalue weighted by atomic mass is 9.74. The highest BCUT2D eigenvalue weighted by Crippen LogP contribution is 2.48. The van der Waals surface area contributed by atoms with Gasteiger partial charge in [-0.15, -0.1) is 0 Å². The van der Waals surface area contributed by atoms with Crippen LogP contribution in [0.3, 0.4) is 0 Å². The number of fused-ring (bicyclic) bond motifs is 2. The molecule has 4 atom stereocenters. The van der Waals surface area contributed by atoms with Crippen LogP contribution in [0.25, 0.3) is 0 Å². The Morgan fingerprint density at radius 1 is 1.04 bits per heavy atom. The van der Waals surface area contributed by atoms with Crippen LogP contribution in [0.1, 0.15) is 23.1 Å². The van der Waals surface area contributed by atoms with Crippen molar-refractivity contribution in [3.63, 3.8) is 0 Å². The van der Waals surface area contributed by atoms with E-state index in [2.05, 4.69) is 16.9 Å². The summed E-state index contributed by atoms with van der Waals surface area (Å²) in [5, 5.41) is 19.4. The zero-order chi connectivity index (χ0) is 19.3. The Morgan fingerprint density at radius 3 is 2.57 bits per heavy atom. The fraction of sp³-hybridized carbons (Fsp3) is 0.250. The summed E-state index contributed by atoms with van der Waals surface area (Å²) in [5.74, 6) is 1.23. The molecule has 0 spiro atoms. The summed E-state index contributed by atoms with van der Waals surface area (Å²) < 4.78 is 16.7. The van der Waals surface area contributed by atoms with E-state index < -0.39 is 6.23 Å². The van der Waals surface area contributed by atoms with E-state index in [1.807, 2.05) is 30.3 Å². The van der Waals surface area contributed by atoms with Crippen molar-refractivity contribution in [1.82, 2.24) is 10.9 Å². The molecule has 1 saturated heterocycles. The number of benzene rings is 2. The summed E-state index contributed by atoms with van der Waals surface area (Å²) in [6.45, 7) is 0.207. The second-order valence-electron chi connectivity index (χ2n) is 6.95. The van der Waals surface area contributed by atoms with E-state index in [9.17, 15) is 10.4 Å². The number of aromatic hydroxyl groups is 1. The number of phenols is 1. The standard InChI is InChI=1S/C20H18N4O4/c21-8-13-16(10-1-4-12(25)5-2-10)17-18(23-24-20(17)28-19(13)22)11-3-6-14-15(7-11)27-9-26-14/h1-7,16-18,20,23-25H,9,22H2. The number of phenolic OH excluding ortho intramolecular Hbond substituents is 1. The first-order valence-electron chi connectivity index (χ1n) is 8.91. The molecule has 0 aromatic heterocycles. The van der Waals surface area contributed by atoms with Crippen LogP contribution in [0.4, 0.5) is 0 Å². The highest BCUT2D eigenvalue weighted by molar-refractivity contribution is 5.48. The number of nitriles is 1. The van der Waals surface area contributed by atoms with E-state index in [0.717, 1.165) is 11.1 Å². The van der Waals surface area contributed by atoms with Gasteiger partial charge in [0.1, 0.15) is 11.8 Å². The number of nitrogens with two attached hydrogens (primary N) is 1. The van der Waals surface area contributed by atoms with E-state index in [1.54, 1.807) is 12.1 Å². The molecule has 0 bridgehead atoms. The lowest BCUT2D eigenvalue weighted by molar-refractivity contribution is 0.0340. The normalized spacial score (nSPS) is 27.8. The number of hydrogen-bond donors (Lipinski definition) is 4. The van der Waals surface area contributed by atoms with E-state index in [0.29, 0.717) is 17.1 Å². The smallest absolute Gasteiger partial charge is 0.231 e. The first kappa shape index (κ1) is 16.7. The first-order valence-corrected chi connectivity index (χ1v) is 8.91. The van der Waals surface area contributed by atoms with Crippen molar-refractivity contribution in [2.24, 2.45) is 11.7 Å². The second kappa shape index (κ2) is 6.34. The first-order chi connectivity index (χ1) is 13.7. The van der Waals surface area contributed by atoms with Crippen LogP contribution in [-0.2, 0) is 4.74 Å². The van der Waals surface area contributed by atoms with Gasteiger partial charge in [-0.1, -0.05) is 18.2 Å².